The van der Waals surface area contributed by atoms with Crippen LogP contribution in [0.1, 0.15) is 60.1 Å². The van der Waals surface area contributed by atoms with E-state index in [0.29, 0.717) is 11.4 Å². The molecule has 0 saturated heterocycles. The number of hydrogen-bond acceptors (Lipinski definition) is 3. The first-order valence-corrected chi connectivity index (χ1v) is 9.80. The van der Waals surface area contributed by atoms with Crippen molar-refractivity contribution in [2.45, 2.75) is 50.9 Å². The molecule has 2 aromatic heterocycles. The van der Waals surface area contributed by atoms with Crippen molar-refractivity contribution < 1.29 is 4.79 Å². The third kappa shape index (κ3) is 2.72. The van der Waals surface area contributed by atoms with Crippen molar-refractivity contribution in [3.05, 3.63) is 53.5 Å². The number of aryl methyl sites for hydroxylation is 1. The molecule has 0 spiro atoms. The molecule has 1 N–H and O–H groups in total. The molecule has 1 amide bonds. The third-order valence-corrected chi connectivity index (χ3v) is 6.76. The number of pyridine rings is 2. The van der Waals surface area contributed by atoms with Gasteiger partial charge < -0.3 is 5.32 Å². The molecule has 4 aliphatic carbocycles. The molecule has 26 heavy (non-hydrogen) atoms. The van der Waals surface area contributed by atoms with Gasteiger partial charge in [-0.15, -0.1) is 0 Å². The molecule has 2 heterocycles. The first-order valence-electron chi connectivity index (χ1n) is 9.80. The van der Waals surface area contributed by atoms with Gasteiger partial charge in [-0.05, 0) is 93.0 Å². The van der Waals surface area contributed by atoms with E-state index in [-0.39, 0.29) is 11.3 Å². The highest BCUT2D eigenvalue weighted by molar-refractivity contribution is 6.03. The van der Waals surface area contributed by atoms with Gasteiger partial charge in [0.1, 0.15) is 5.82 Å². The summed E-state index contributed by atoms with van der Waals surface area (Å²) in [5.74, 6) is 3.12. The van der Waals surface area contributed by atoms with Gasteiger partial charge in [0.15, 0.2) is 0 Å². The molecule has 0 aliphatic heterocycles. The zero-order chi connectivity index (χ0) is 17.7. The molecule has 0 radical (unpaired) electrons. The number of nitrogens with one attached hydrogen (secondary N) is 1. The zero-order valence-corrected chi connectivity index (χ0v) is 15.2. The molecule has 0 aromatic carbocycles. The van der Waals surface area contributed by atoms with Crippen LogP contribution in [0, 0.1) is 24.7 Å². The predicted octanol–water partition coefficient (Wildman–Crippen LogP) is 4.51. The molecule has 4 saturated carbocycles. The van der Waals surface area contributed by atoms with Crippen molar-refractivity contribution in [1.82, 2.24) is 9.97 Å². The van der Waals surface area contributed by atoms with Gasteiger partial charge in [0.05, 0.1) is 0 Å². The van der Waals surface area contributed by atoms with Gasteiger partial charge in [-0.3, -0.25) is 9.78 Å². The van der Waals surface area contributed by atoms with Crippen LogP contribution in [0.15, 0.2) is 36.7 Å². The van der Waals surface area contributed by atoms with E-state index in [2.05, 4.69) is 10.3 Å². The number of rotatable bonds is 3. The zero-order valence-electron chi connectivity index (χ0n) is 15.2. The van der Waals surface area contributed by atoms with Crippen LogP contribution >= 0.6 is 0 Å². The SMILES string of the molecule is Cc1ccnc(NC(=O)c2ccnc(C34CC5CC(CC(C5)C3)C4)c2)c1. The second kappa shape index (κ2) is 5.90. The predicted molar refractivity (Wildman–Crippen MR) is 101 cm³/mol. The van der Waals surface area contributed by atoms with Crippen LogP contribution < -0.4 is 5.32 Å². The Labute approximate surface area is 154 Å². The highest BCUT2D eigenvalue weighted by Crippen LogP contribution is 2.60. The molecule has 0 unspecified atom stereocenters. The molecule has 4 aliphatic rings. The van der Waals surface area contributed by atoms with Gasteiger partial charge >= 0.3 is 0 Å². The van der Waals surface area contributed by atoms with E-state index in [1.807, 2.05) is 37.4 Å². The number of carbonyl (C=O) groups excluding carboxylic acids is 1. The lowest BCUT2D eigenvalue weighted by Crippen LogP contribution is -2.49. The molecule has 2 aromatic rings. The highest BCUT2D eigenvalue weighted by Gasteiger charge is 2.52. The van der Waals surface area contributed by atoms with Gasteiger partial charge in [0.2, 0.25) is 0 Å². The number of nitrogens with zero attached hydrogens (tertiary/aromatic N) is 2. The molecular weight excluding hydrogens is 322 g/mol. The Morgan fingerprint density at radius 1 is 1.00 bits per heavy atom. The Morgan fingerprint density at radius 2 is 1.65 bits per heavy atom. The smallest absolute Gasteiger partial charge is 0.256 e. The topological polar surface area (TPSA) is 54.9 Å². The van der Waals surface area contributed by atoms with Crippen LogP contribution in [0.2, 0.25) is 0 Å². The fraction of sp³-hybridized carbons (Fsp3) is 0.500. The van der Waals surface area contributed by atoms with Crippen molar-refractivity contribution in [3.8, 4) is 0 Å². The van der Waals surface area contributed by atoms with Crippen LogP contribution in [-0.4, -0.2) is 15.9 Å². The Morgan fingerprint density at radius 3 is 2.31 bits per heavy atom. The van der Waals surface area contributed by atoms with Crippen molar-refractivity contribution in [3.63, 3.8) is 0 Å². The van der Waals surface area contributed by atoms with E-state index in [1.165, 1.54) is 38.5 Å². The molecule has 134 valence electrons. The summed E-state index contributed by atoms with van der Waals surface area (Å²) >= 11 is 0. The first-order chi connectivity index (χ1) is 12.6. The summed E-state index contributed by atoms with van der Waals surface area (Å²) < 4.78 is 0. The Hall–Kier alpha value is -2.23. The third-order valence-electron chi connectivity index (χ3n) is 6.76. The summed E-state index contributed by atoms with van der Waals surface area (Å²) in [6, 6.07) is 7.67. The molecule has 4 nitrogen and oxygen atoms in total. The van der Waals surface area contributed by atoms with E-state index in [4.69, 9.17) is 4.98 Å². The monoisotopic (exact) mass is 347 g/mol. The molecule has 4 heteroatoms. The van der Waals surface area contributed by atoms with Crippen LogP contribution in [-0.2, 0) is 5.41 Å². The quantitative estimate of drug-likeness (QED) is 0.889. The molecular formula is C22H25N3O. The lowest BCUT2D eigenvalue weighted by atomic mass is 9.48. The van der Waals surface area contributed by atoms with Crippen molar-refractivity contribution in [1.29, 1.82) is 0 Å². The number of aromatic nitrogens is 2. The summed E-state index contributed by atoms with van der Waals surface area (Å²) in [5.41, 5.74) is 3.13. The average Bonchev–Trinajstić information content (AvgIpc) is 2.61. The van der Waals surface area contributed by atoms with Crippen LogP contribution in [0.4, 0.5) is 5.82 Å². The molecule has 6 rings (SSSR count). The summed E-state index contributed by atoms with van der Waals surface area (Å²) in [6.07, 6.45) is 11.6. The lowest BCUT2D eigenvalue weighted by molar-refractivity contribution is -0.00721. The average molecular weight is 347 g/mol. The summed E-state index contributed by atoms with van der Waals surface area (Å²) in [5, 5.41) is 2.92. The van der Waals surface area contributed by atoms with Gasteiger partial charge in [0, 0.05) is 29.1 Å². The van der Waals surface area contributed by atoms with Crippen LogP contribution in [0.25, 0.3) is 0 Å². The van der Waals surface area contributed by atoms with Gasteiger partial charge in [-0.25, -0.2) is 4.98 Å². The lowest BCUT2D eigenvalue weighted by Gasteiger charge is -2.56. The van der Waals surface area contributed by atoms with Crippen LogP contribution in [0.5, 0.6) is 0 Å². The van der Waals surface area contributed by atoms with E-state index in [0.717, 1.165) is 29.0 Å². The van der Waals surface area contributed by atoms with E-state index in [1.54, 1.807) is 6.20 Å². The largest absolute Gasteiger partial charge is 0.307 e. The first kappa shape index (κ1) is 16.0. The summed E-state index contributed by atoms with van der Waals surface area (Å²) in [4.78, 5) is 21.7. The number of carbonyl (C=O) groups is 1. The minimum atomic E-state index is -0.100. The summed E-state index contributed by atoms with van der Waals surface area (Å²) in [7, 11) is 0. The second-order valence-corrected chi connectivity index (χ2v) is 8.80. The maximum Gasteiger partial charge on any atom is 0.256 e. The fourth-order valence-corrected chi connectivity index (χ4v) is 6.08. The maximum atomic E-state index is 12.7. The number of amides is 1. The maximum absolute atomic E-state index is 12.7. The Kier molecular flexibility index (Phi) is 3.63. The van der Waals surface area contributed by atoms with Gasteiger partial charge in [-0.1, -0.05) is 0 Å². The Bertz CT molecular complexity index is 825. The van der Waals surface area contributed by atoms with Crippen molar-refractivity contribution in [2.75, 3.05) is 5.32 Å². The van der Waals surface area contributed by atoms with Gasteiger partial charge in [-0.2, -0.15) is 0 Å². The summed E-state index contributed by atoms with van der Waals surface area (Å²) in [6.45, 7) is 1.99. The minimum Gasteiger partial charge on any atom is -0.307 e. The van der Waals surface area contributed by atoms with Crippen molar-refractivity contribution in [2.24, 2.45) is 17.8 Å². The number of hydrogen-bond donors (Lipinski definition) is 1. The molecule has 4 bridgehead atoms. The molecule has 4 fully saturated rings. The van der Waals surface area contributed by atoms with E-state index < -0.39 is 0 Å². The highest BCUT2D eigenvalue weighted by atomic mass is 16.1. The molecule has 0 atom stereocenters. The van der Waals surface area contributed by atoms with Gasteiger partial charge in [0.25, 0.3) is 5.91 Å². The van der Waals surface area contributed by atoms with Crippen LogP contribution in [0.3, 0.4) is 0 Å². The fourth-order valence-electron chi connectivity index (χ4n) is 6.08. The second-order valence-electron chi connectivity index (χ2n) is 8.80. The normalized spacial score (nSPS) is 31.8. The minimum absolute atomic E-state index is 0.100. The number of anilines is 1. The van der Waals surface area contributed by atoms with Crippen molar-refractivity contribution >= 4 is 11.7 Å². The van der Waals surface area contributed by atoms with E-state index in [9.17, 15) is 4.79 Å². The standard InChI is InChI=1S/C22H25N3O/c1-14-2-4-24-20(6-14)25-21(26)18-3-5-23-19(10-18)22-11-15-7-16(12-22)9-17(8-15)13-22/h2-6,10,15-17H,7-9,11-13H2,1H3,(H,24,25,26). The Balaban J connectivity index is 1.42. The van der Waals surface area contributed by atoms with E-state index >= 15 is 0 Å².